The van der Waals surface area contributed by atoms with Gasteiger partial charge in [-0.15, -0.1) is 0 Å². The number of carbonyl (C=O) groups excluding carboxylic acids is 1. The average molecular weight is 380 g/mol. The van der Waals surface area contributed by atoms with E-state index in [-0.39, 0.29) is 5.91 Å². The Morgan fingerprint density at radius 2 is 1.64 bits per heavy atom. The van der Waals surface area contributed by atoms with Crippen LogP contribution in [0.15, 0.2) is 42.6 Å². The summed E-state index contributed by atoms with van der Waals surface area (Å²) in [4.78, 5) is 24.2. The van der Waals surface area contributed by atoms with Crippen LogP contribution in [0.4, 0.5) is 17.2 Å². The summed E-state index contributed by atoms with van der Waals surface area (Å²) in [5, 5.41) is 2.97. The summed E-state index contributed by atoms with van der Waals surface area (Å²) in [6.45, 7) is 9.63. The van der Waals surface area contributed by atoms with E-state index < -0.39 is 0 Å². The van der Waals surface area contributed by atoms with Crippen molar-refractivity contribution in [2.75, 3.05) is 60.9 Å². The third-order valence-electron chi connectivity index (χ3n) is 5.75. The van der Waals surface area contributed by atoms with E-state index in [9.17, 15) is 4.79 Å². The number of carbonyl (C=O) groups is 1. The lowest BCUT2D eigenvalue weighted by atomic mass is 10.2. The second-order valence-electron chi connectivity index (χ2n) is 7.52. The van der Waals surface area contributed by atoms with Gasteiger partial charge >= 0.3 is 0 Å². The van der Waals surface area contributed by atoms with Crippen molar-refractivity contribution in [3.63, 3.8) is 0 Å². The summed E-state index contributed by atoms with van der Waals surface area (Å²) in [7, 11) is 0. The lowest BCUT2D eigenvalue weighted by Crippen LogP contribution is -2.46. The van der Waals surface area contributed by atoms with Crippen molar-refractivity contribution in [3.8, 4) is 0 Å². The third-order valence-corrected chi connectivity index (χ3v) is 5.75. The lowest BCUT2D eigenvalue weighted by molar-refractivity contribution is 0.102. The Kier molecular flexibility index (Phi) is 5.76. The minimum atomic E-state index is -0.122. The number of nitrogens with zero attached hydrogens (tertiary/aromatic N) is 4. The fourth-order valence-electron chi connectivity index (χ4n) is 3.93. The number of likely N-dealkylation sites (N-methyl/N-ethyl adjacent to an activating group) is 1. The second kappa shape index (κ2) is 8.61. The maximum Gasteiger partial charge on any atom is 0.257 e. The molecule has 1 amide bonds. The first-order valence-corrected chi connectivity index (χ1v) is 10.3. The number of aromatic nitrogens is 1. The molecule has 0 spiro atoms. The Bertz CT molecular complexity index is 776. The molecule has 0 aliphatic carbocycles. The molecule has 6 nitrogen and oxygen atoms in total. The maximum absolute atomic E-state index is 12.5. The molecule has 2 fully saturated rings. The Labute approximate surface area is 167 Å². The molecule has 2 aromatic rings. The highest BCUT2D eigenvalue weighted by Gasteiger charge is 2.17. The predicted molar refractivity (Wildman–Crippen MR) is 114 cm³/mol. The van der Waals surface area contributed by atoms with Crippen LogP contribution in [-0.4, -0.2) is 61.6 Å². The van der Waals surface area contributed by atoms with Crippen LogP contribution in [0.1, 0.15) is 30.1 Å². The van der Waals surface area contributed by atoms with Crippen molar-refractivity contribution in [3.05, 3.63) is 48.2 Å². The first-order chi connectivity index (χ1) is 13.7. The van der Waals surface area contributed by atoms with Crippen LogP contribution in [0.25, 0.3) is 0 Å². The molecule has 2 aliphatic heterocycles. The molecule has 1 aromatic carbocycles. The number of anilines is 3. The summed E-state index contributed by atoms with van der Waals surface area (Å²) in [6.07, 6.45) is 4.20. The molecule has 2 aliphatic rings. The van der Waals surface area contributed by atoms with E-state index in [1.807, 2.05) is 24.3 Å². The number of amides is 1. The Balaban J connectivity index is 1.34. The molecule has 3 heterocycles. The number of nitrogens with one attached hydrogen (secondary N) is 1. The fourth-order valence-corrected chi connectivity index (χ4v) is 3.93. The van der Waals surface area contributed by atoms with Gasteiger partial charge in [0.15, 0.2) is 0 Å². The van der Waals surface area contributed by atoms with Gasteiger partial charge in [0, 0.05) is 56.8 Å². The molecule has 2 saturated heterocycles. The molecular weight excluding hydrogens is 350 g/mol. The van der Waals surface area contributed by atoms with Gasteiger partial charge in [0.2, 0.25) is 0 Å². The molecular formula is C22H29N5O. The molecule has 1 N–H and O–H groups in total. The van der Waals surface area contributed by atoms with Crippen LogP contribution in [-0.2, 0) is 0 Å². The normalized spacial score (nSPS) is 17.8. The van der Waals surface area contributed by atoms with Gasteiger partial charge in [-0.3, -0.25) is 4.79 Å². The smallest absolute Gasteiger partial charge is 0.257 e. The van der Waals surface area contributed by atoms with E-state index in [1.165, 1.54) is 18.5 Å². The zero-order chi connectivity index (χ0) is 19.3. The molecule has 0 atom stereocenters. The number of pyridine rings is 1. The van der Waals surface area contributed by atoms with E-state index in [0.29, 0.717) is 5.56 Å². The minimum Gasteiger partial charge on any atom is -0.372 e. The topological polar surface area (TPSA) is 51.7 Å². The molecule has 4 rings (SSSR count). The van der Waals surface area contributed by atoms with E-state index in [2.05, 4.69) is 44.1 Å². The van der Waals surface area contributed by atoms with Crippen LogP contribution >= 0.6 is 0 Å². The standard InChI is InChI=1S/C22H29N5O/c1-2-25-13-15-27(16-14-25)21-10-5-18(17-23-21)22(28)24-19-6-8-20(9-7-19)26-11-3-4-12-26/h5-10,17H,2-4,11-16H2,1H3,(H,24,28). The van der Waals surface area contributed by atoms with Crippen molar-refractivity contribution in [2.24, 2.45) is 0 Å². The van der Waals surface area contributed by atoms with Crippen LogP contribution in [0.2, 0.25) is 0 Å². The van der Waals surface area contributed by atoms with Crippen molar-refractivity contribution >= 4 is 23.1 Å². The first kappa shape index (κ1) is 18.7. The van der Waals surface area contributed by atoms with Crippen molar-refractivity contribution in [1.82, 2.24) is 9.88 Å². The summed E-state index contributed by atoms with van der Waals surface area (Å²) < 4.78 is 0. The molecule has 0 unspecified atom stereocenters. The monoisotopic (exact) mass is 379 g/mol. The Morgan fingerprint density at radius 3 is 2.25 bits per heavy atom. The molecule has 0 bridgehead atoms. The number of hydrogen-bond donors (Lipinski definition) is 1. The molecule has 0 radical (unpaired) electrons. The lowest BCUT2D eigenvalue weighted by Gasteiger charge is -2.34. The first-order valence-electron chi connectivity index (χ1n) is 10.3. The number of benzene rings is 1. The van der Waals surface area contributed by atoms with Crippen molar-refractivity contribution < 1.29 is 4.79 Å². The highest BCUT2D eigenvalue weighted by atomic mass is 16.1. The molecule has 148 valence electrons. The SMILES string of the molecule is CCN1CCN(c2ccc(C(=O)Nc3ccc(N4CCCC4)cc3)cn2)CC1. The van der Waals surface area contributed by atoms with Gasteiger partial charge in [-0.25, -0.2) is 4.98 Å². The van der Waals surface area contributed by atoms with E-state index in [1.54, 1.807) is 6.20 Å². The highest BCUT2D eigenvalue weighted by molar-refractivity contribution is 6.04. The summed E-state index contributed by atoms with van der Waals surface area (Å²) >= 11 is 0. The van der Waals surface area contributed by atoms with Crippen LogP contribution in [0, 0.1) is 0 Å². The maximum atomic E-state index is 12.5. The van der Waals surface area contributed by atoms with Crippen molar-refractivity contribution in [1.29, 1.82) is 0 Å². The van der Waals surface area contributed by atoms with Gasteiger partial charge in [-0.1, -0.05) is 6.92 Å². The zero-order valence-electron chi connectivity index (χ0n) is 16.6. The molecule has 28 heavy (non-hydrogen) atoms. The largest absolute Gasteiger partial charge is 0.372 e. The van der Waals surface area contributed by atoms with Gasteiger partial charge < -0.3 is 20.0 Å². The fraction of sp³-hybridized carbons (Fsp3) is 0.455. The molecule has 6 heteroatoms. The zero-order valence-corrected chi connectivity index (χ0v) is 16.6. The van der Waals surface area contributed by atoms with Crippen LogP contribution in [0.5, 0.6) is 0 Å². The second-order valence-corrected chi connectivity index (χ2v) is 7.52. The highest BCUT2D eigenvalue weighted by Crippen LogP contribution is 2.22. The molecule has 0 saturated carbocycles. The van der Waals surface area contributed by atoms with E-state index >= 15 is 0 Å². The number of hydrogen-bond acceptors (Lipinski definition) is 5. The van der Waals surface area contributed by atoms with Gasteiger partial charge in [0.1, 0.15) is 5.82 Å². The average Bonchev–Trinajstić information content (AvgIpc) is 3.29. The quantitative estimate of drug-likeness (QED) is 0.865. The van der Waals surface area contributed by atoms with Crippen LogP contribution < -0.4 is 15.1 Å². The van der Waals surface area contributed by atoms with E-state index in [0.717, 1.165) is 57.3 Å². The summed E-state index contributed by atoms with van der Waals surface area (Å²) in [5.74, 6) is 0.825. The van der Waals surface area contributed by atoms with Crippen LogP contribution in [0.3, 0.4) is 0 Å². The minimum absolute atomic E-state index is 0.122. The Hall–Kier alpha value is -2.60. The predicted octanol–water partition coefficient (Wildman–Crippen LogP) is 3.08. The number of piperazine rings is 1. The summed E-state index contributed by atoms with van der Waals surface area (Å²) in [6, 6.07) is 11.9. The number of rotatable bonds is 5. The van der Waals surface area contributed by atoms with E-state index in [4.69, 9.17) is 0 Å². The summed E-state index contributed by atoms with van der Waals surface area (Å²) in [5.41, 5.74) is 2.62. The molecule has 1 aromatic heterocycles. The van der Waals surface area contributed by atoms with Crippen molar-refractivity contribution in [2.45, 2.75) is 19.8 Å². The van der Waals surface area contributed by atoms with Gasteiger partial charge in [-0.2, -0.15) is 0 Å². The van der Waals surface area contributed by atoms with Gasteiger partial charge in [0.25, 0.3) is 5.91 Å². The Morgan fingerprint density at radius 1 is 0.929 bits per heavy atom. The van der Waals surface area contributed by atoms with Gasteiger partial charge in [-0.05, 0) is 55.8 Å². The van der Waals surface area contributed by atoms with Gasteiger partial charge in [0.05, 0.1) is 5.56 Å². The third kappa shape index (κ3) is 4.28.